The second-order valence-corrected chi connectivity index (χ2v) is 6.20. The molecule has 19 heavy (non-hydrogen) atoms. The average molecular weight is 281 g/mol. The monoisotopic (exact) mass is 281 g/mol. The maximum atomic E-state index is 12.5. The molecule has 0 saturated heterocycles. The van der Waals surface area contributed by atoms with E-state index in [-0.39, 0.29) is 12.1 Å². The highest BCUT2D eigenvalue weighted by Gasteiger charge is 2.29. The molecule has 0 saturated carbocycles. The van der Waals surface area contributed by atoms with Crippen molar-refractivity contribution in [2.75, 3.05) is 19.4 Å². The second-order valence-electron chi connectivity index (χ2n) is 4.10. The van der Waals surface area contributed by atoms with Crippen LogP contribution in [-0.2, 0) is 13.6 Å². The highest BCUT2D eigenvalue weighted by molar-refractivity contribution is 7.53. The highest BCUT2D eigenvalue weighted by Crippen LogP contribution is 2.51. The Morgan fingerprint density at radius 3 is 2.26 bits per heavy atom. The number of hydrogen-bond acceptors (Lipinski definition) is 4. The zero-order valence-electron chi connectivity index (χ0n) is 11.4. The molecule has 0 N–H and O–H groups in total. The van der Waals surface area contributed by atoms with Crippen LogP contribution in [0.25, 0.3) is 0 Å². The summed E-state index contributed by atoms with van der Waals surface area (Å²) in [5, 5.41) is 8.93. The van der Waals surface area contributed by atoms with Gasteiger partial charge in [0.2, 0.25) is 0 Å². The van der Waals surface area contributed by atoms with E-state index < -0.39 is 7.60 Å². The van der Waals surface area contributed by atoms with Gasteiger partial charge in [0.25, 0.3) is 0 Å². The van der Waals surface area contributed by atoms with E-state index in [0.29, 0.717) is 19.6 Å². The van der Waals surface area contributed by atoms with Crippen LogP contribution in [0.1, 0.15) is 31.7 Å². The summed E-state index contributed by atoms with van der Waals surface area (Å²) in [6.07, 6.45) is 0.542. The fourth-order valence-electron chi connectivity index (χ4n) is 1.93. The van der Waals surface area contributed by atoms with Gasteiger partial charge >= 0.3 is 7.60 Å². The molecule has 1 unspecified atom stereocenters. The lowest BCUT2D eigenvalue weighted by Gasteiger charge is -2.22. The van der Waals surface area contributed by atoms with Crippen molar-refractivity contribution in [2.45, 2.75) is 26.2 Å². The third-order valence-electron chi connectivity index (χ3n) is 2.70. The minimum absolute atomic E-state index is 0.130. The lowest BCUT2D eigenvalue weighted by Crippen LogP contribution is -2.09. The van der Waals surface area contributed by atoms with Gasteiger partial charge in [0.05, 0.1) is 25.4 Å². The van der Waals surface area contributed by atoms with Crippen LogP contribution >= 0.6 is 7.60 Å². The van der Waals surface area contributed by atoms with Gasteiger partial charge in [0.1, 0.15) is 0 Å². The number of nitrogens with zero attached hydrogens (tertiary/aromatic N) is 1. The molecule has 1 atom stereocenters. The summed E-state index contributed by atoms with van der Waals surface area (Å²) >= 11 is 0. The van der Waals surface area contributed by atoms with Crippen molar-refractivity contribution in [3.05, 3.63) is 35.9 Å². The van der Waals surface area contributed by atoms with Crippen molar-refractivity contribution in [3.8, 4) is 6.07 Å². The highest BCUT2D eigenvalue weighted by atomic mass is 31.2. The molecule has 1 aromatic carbocycles. The van der Waals surface area contributed by atoms with Gasteiger partial charge < -0.3 is 9.05 Å². The summed E-state index contributed by atoms with van der Waals surface area (Å²) in [5.41, 5.74) is 0.990. The Morgan fingerprint density at radius 2 is 1.79 bits per heavy atom. The molecule has 0 fully saturated rings. The fraction of sp³-hybridized carbons (Fsp3) is 0.500. The zero-order valence-corrected chi connectivity index (χ0v) is 12.3. The Labute approximate surface area is 114 Å². The molecule has 0 amide bonds. The zero-order chi connectivity index (χ0) is 14.1. The molecule has 1 rings (SSSR count). The van der Waals surface area contributed by atoms with E-state index in [2.05, 4.69) is 6.07 Å². The summed E-state index contributed by atoms with van der Waals surface area (Å²) < 4.78 is 23.1. The molecule has 5 heteroatoms. The Hall–Kier alpha value is -1.14. The second kappa shape index (κ2) is 8.12. The Kier molecular flexibility index (Phi) is 6.80. The van der Waals surface area contributed by atoms with Crippen LogP contribution in [0.3, 0.4) is 0 Å². The summed E-state index contributed by atoms with van der Waals surface area (Å²) in [4.78, 5) is 0. The first kappa shape index (κ1) is 15.9. The molecule has 0 bridgehead atoms. The lowest BCUT2D eigenvalue weighted by atomic mass is 9.98. The fourth-order valence-corrected chi connectivity index (χ4v) is 3.88. The SMILES string of the molecule is CCOP(=O)(CC(CC#N)c1ccccc1)OCC. The van der Waals surface area contributed by atoms with E-state index in [0.717, 1.165) is 5.56 Å². The average Bonchev–Trinajstić information content (AvgIpc) is 2.40. The van der Waals surface area contributed by atoms with Crippen molar-refractivity contribution < 1.29 is 13.6 Å². The van der Waals surface area contributed by atoms with Crippen molar-refractivity contribution in [1.82, 2.24) is 0 Å². The van der Waals surface area contributed by atoms with Crippen LogP contribution in [0.4, 0.5) is 0 Å². The first-order chi connectivity index (χ1) is 9.15. The third-order valence-corrected chi connectivity index (χ3v) is 4.90. The maximum Gasteiger partial charge on any atom is 0.331 e. The summed E-state index contributed by atoms with van der Waals surface area (Å²) in [6, 6.07) is 11.7. The maximum absolute atomic E-state index is 12.5. The van der Waals surface area contributed by atoms with Gasteiger partial charge in [-0.1, -0.05) is 30.3 Å². The molecule has 1 aromatic rings. The lowest BCUT2D eigenvalue weighted by molar-refractivity contribution is 0.218. The van der Waals surface area contributed by atoms with Crippen LogP contribution in [-0.4, -0.2) is 19.4 Å². The Balaban J connectivity index is 2.88. The summed E-state index contributed by atoms with van der Waals surface area (Å²) in [6.45, 7) is 4.25. The molecule has 0 aliphatic rings. The topological polar surface area (TPSA) is 59.3 Å². The van der Waals surface area contributed by atoms with Crippen LogP contribution in [0.15, 0.2) is 30.3 Å². The van der Waals surface area contributed by atoms with Gasteiger partial charge in [-0.25, -0.2) is 0 Å². The van der Waals surface area contributed by atoms with Crippen molar-refractivity contribution in [3.63, 3.8) is 0 Å². The number of benzene rings is 1. The van der Waals surface area contributed by atoms with E-state index in [1.54, 1.807) is 13.8 Å². The van der Waals surface area contributed by atoms with E-state index in [1.807, 2.05) is 30.3 Å². The van der Waals surface area contributed by atoms with Gasteiger partial charge in [-0.3, -0.25) is 4.57 Å². The van der Waals surface area contributed by atoms with Crippen LogP contribution in [0.2, 0.25) is 0 Å². The third kappa shape index (κ3) is 5.16. The molecule has 0 spiro atoms. The van der Waals surface area contributed by atoms with Gasteiger partial charge in [0.15, 0.2) is 0 Å². The van der Waals surface area contributed by atoms with Crippen LogP contribution in [0.5, 0.6) is 0 Å². The van der Waals surface area contributed by atoms with Gasteiger partial charge in [-0.15, -0.1) is 0 Å². The van der Waals surface area contributed by atoms with E-state index in [9.17, 15) is 4.57 Å². The van der Waals surface area contributed by atoms with E-state index in [4.69, 9.17) is 14.3 Å². The molecule has 104 valence electrons. The number of nitriles is 1. The molecule has 0 radical (unpaired) electrons. The smallest absolute Gasteiger partial charge is 0.309 e. The Bertz CT molecular complexity index is 446. The molecule has 0 aromatic heterocycles. The molecular weight excluding hydrogens is 261 g/mol. The quantitative estimate of drug-likeness (QED) is 0.677. The van der Waals surface area contributed by atoms with Gasteiger partial charge in [0, 0.05) is 12.3 Å². The van der Waals surface area contributed by atoms with Crippen molar-refractivity contribution in [2.24, 2.45) is 0 Å². The molecule has 0 heterocycles. The molecule has 0 aliphatic heterocycles. The minimum Gasteiger partial charge on any atom is -0.309 e. The van der Waals surface area contributed by atoms with E-state index >= 15 is 0 Å². The van der Waals surface area contributed by atoms with Crippen LogP contribution < -0.4 is 0 Å². The standard InChI is InChI=1S/C14H20NO3P/c1-3-17-19(16,18-4-2)12-14(10-11-15)13-8-6-5-7-9-13/h5-9,14H,3-4,10,12H2,1-2H3. The summed E-state index contributed by atoms with van der Waals surface area (Å²) in [5.74, 6) is -0.130. The molecule has 4 nitrogen and oxygen atoms in total. The predicted octanol–water partition coefficient (Wildman–Crippen LogP) is 3.95. The van der Waals surface area contributed by atoms with Gasteiger partial charge in [-0.05, 0) is 19.4 Å². The normalized spacial score (nSPS) is 12.9. The first-order valence-electron chi connectivity index (χ1n) is 6.45. The molecular formula is C14H20NO3P. The van der Waals surface area contributed by atoms with Gasteiger partial charge in [-0.2, -0.15) is 5.26 Å². The number of hydrogen-bond donors (Lipinski definition) is 0. The number of rotatable bonds is 8. The van der Waals surface area contributed by atoms with E-state index in [1.165, 1.54) is 0 Å². The predicted molar refractivity (Wildman–Crippen MR) is 75.1 cm³/mol. The van der Waals surface area contributed by atoms with Crippen molar-refractivity contribution >= 4 is 7.60 Å². The first-order valence-corrected chi connectivity index (χ1v) is 8.18. The van der Waals surface area contributed by atoms with Crippen LogP contribution in [0, 0.1) is 11.3 Å². The largest absolute Gasteiger partial charge is 0.331 e. The minimum atomic E-state index is -3.12. The Morgan fingerprint density at radius 1 is 1.21 bits per heavy atom. The molecule has 0 aliphatic carbocycles. The van der Waals surface area contributed by atoms with Crippen molar-refractivity contribution in [1.29, 1.82) is 5.26 Å². The summed E-state index contributed by atoms with van der Waals surface area (Å²) in [7, 11) is -3.12.